The van der Waals surface area contributed by atoms with Gasteiger partial charge in [0, 0.05) is 0 Å². The molecule has 2 rings (SSSR count). The average Bonchev–Trinajstić information content (AvgIpc) is 2.78. The summed E-state index contributed by atoms with van der Waals surface area (Å²) >= 11 is 0. The molecule has 0 spiro atoms. The van der Waals surface area contributed by atoms with Gasteiger partial charge >= 0.3 is 0 Å². The zero-order chi connectivity index (χ0) is 11.6. The van der Waals surface area contributed by atoms with Gasteiger partial charge in [0.1, 0.15) is 0 Å². The molecule has 94 valence electrons. The molecule has 2 fully saturated rings. The summed E-state index contributed by atoms with van der Waals surface area (Å²) in [5.41, 5.74) is -0.447. The van der Waals surface area contributed by atoms with E-state index in [-0.39, 0.29) is 0 Å². The molecule has 0 amide bonds. The summed E-state index contributed by atoms with van der Waals surface area (Å²) in [5.74, 6) is 2.76. The van der Waals surface area contributed by atoms with Crippen molar-refractivity contribution in [1.29, 1.82) is 0 Å². The molecule has 2 nitrogen and oxygen atoms in total. The summed E-state index contributed by atoms with van der Waals surface area (Å²) in [5, 5.41) is 13.7. The third-order valence-electron chi connectivity index (χ3n) is 4.68. The van der Waals surface area contributed by atoms with Crippen molar-refractivity contribution in [3.63, 3.8) is 0 Å². The van der Waals surface area contributed by atoms with Crippen molar-refractivity contribution in [2.45, 2.75) is 58.0 Å². The lowest BCUT2D eigenvalue weighted by Gasteiger charge is -2.31. The van der Waals surface area contributed by atoms with Gasteiger partial charge in [-0.2, -0.15) is 0 Å². The van der Waals surface area contributed by atoms with Crippen LogP contribution in [0.25, 0.3) is 0 Å². The van der Waals surface area contributed by atoms with Gasteiger partial charge in [-0.1, -0.05) is 13.3 Å². The summed E-state index contributed by atoms with van der Waals surface area (Å²) in [6.45, 7) is 6.09. The van der Waals surface area contributed by atoms with Crippen LogP contribution in [0.1, 0.15) is 52.4 Å². The fraction of sp³-hybridized carbons (Fsp3) is 1.00. The van der Waals surface area contributed by atoms with E-state index in [4.69, 9.17) is 0 Å². The summed E-state index contributed by atoms with van der Waals surface area (Å²) in [6.07, 6.45) is 7.66. The molecule has 0 radical (unpaired) electrons. The highest BCUT2D eigenvalue weighted by Gasteiger charge is 2.41. The molecule has 0 aromatic carbocycles. The molecular formula is C14H27NO. The van der Waals surface area contributed by atoms with Crippen LogP contribution >= 0.6 is 0 Å². The molecule has 4 atom stereocenters. The monoisotopic (exact) mass is 225 g/mol. The molecular weight excluding hydrogens is 198 g/mol. The van der Waals surface area contributed by atoms with Gasteiger partial charge in [-0.3, -0.25) is 0 Å². The van der Waals surface area contributed by atoms with Crippen LogP contribution in [0, 0.1) is 17.8 Å². The highest BCUT2D eigenvalue weighted by Crippen LogP contribution is 2.50. The first-order valence-electron chi connectivity index (χ1n) is 7.04. The summed E-state index contributed by atoms with van der Waals surface area (Å²) < 4.78 is 0. The van der Waals surface area contributed by atoms with Crippen molar-refractivity contribution in [3.8, 4) is 0 Å². The van der Waals surface area contributed by atoms with Crippen molar-refractivity contribution in [1.82, 2.24) is 5.32 Å². The Morgan fingerprint density at radius 1 is 1.31 bits per heavy atom. The number of fused-ring (bicyclic) bond motifs is 2. The van der Waals surface area contributed by atoms with Gasteiger partial charge in [0.25, 0.3) is 0 Å². The second-order valence-electron chi connectivity index (χ2n) is 6.24. The van der Waals surface area contributed by atoms with Crippen LogP contribution in [0.15, 0.2) is 0 Å². The van der Waals surface area contributed by atoms with E-state index >= 15 is 0 Å². The second kappa shape index (κ2) is 5.05. The highest BCUT2D eigenvalue weighted by molar-refractivity contribution is 4.93. The molecule has 0 aromatic rings. The zero-order valence-electron chi connectivity index (χ0n) is 10.8. The van der Waals surface area contributed by atoms with Crippen molar-refractivity contribution in [2.24, 2.45) is 17.8 Å². The van der Waals surface area contributed by atoms with Gasteiger partial charge in [0.15, 0.2) is 0 Å². The Hall–Kier alpha value is -0.0800. The summed E-state index contributed by atoms with van der Waals surface area (Å²) in [7, 11) is 0. The molecule has 4 unspecified atom stereocenters. The lowest BCUT2D eigenvalue weighted by Crippen LogP contribution is -2.33. The lowest BCUT2D eigenvalue weighted by atomic mass is 9.80. The van der Waals surface area contributed by atoms with Crippen LogP contribution in [-0.2, 0) is 0 Å². The van der Waals surface area contributed by atoms with Crippen molar-refractivity contribution >= 4 is 0 Å². The predicted octanol–water partition coefficient (Wildman–Crippen LogP) is 2.56. The SMILES string of the molecule is CCNCCC(C)(O)CC1CC2CCC1C2. The van der Waals surface area contributed by atoms with E-state index in [1.807, 2.05) is 6.92 Å². The third-order valence-corrected chi connectivity index (χ3v) is 4.68. The first-order chi connectivity index (χ1) is 7.61. The molecule has 0 heterocycles. The Morgan fingerprint density at radius 3 is 2.69 bits per heavy atom. The molecule has 16 heavy (non-hydrogen) atoms. The predicted molar refractivity (Wildman–Crippen MR) is 67.3 cm³/mol. The minimum absolute atomic E-state index is 0.447. The first-order valence-corrected chi connectivity index (χ1v) is 7.04. The fourth-order valence-corrected chi connectivity index (χ4v) is 3.83. The highest BCUT2D eigenvalue weighted by atomic mass is 16.3. The van der Waals surface area contributed by atoms with E-state index in [0.29, 0.717) is 0 Å². The maximum atomic E-state index is 10.4. The molecule has 2 heteroatoms. The van der Waals surface area contributed by atoms with Crippen molar-refractivity contribution in [2.75, 3.05) is 13.1 Å². The standard InChI is InChI=1S/C14H27NO/c1-3-15-7-6-14(2,16)10-13-9-11-4-5-12(13)8-11/h11-13,15-16H,3-10H2,1-2H3. The minimum Gasteiger partial charge on any atom is -0.390 e. The Balaban J connectivity index is 1.75. The van der Waals surface area contributed by atoms with Gasteiger partial charge in [-0.25, -0.2) is 0 Å². The van der Waals surface area contributed by atoms with E-state index in [1.54, 1.807) is 0 Å². The van der Waals surface area contributed by atoms with Crippen LogP contribution in [0.2, 0.25) is 0 Å². The summed E-state index contributed by atoms with van der Waals surface area (Å²) in [6, 6.07) is 0. The normalized spacial score (nSPS) is 36.6. The fourth-order valence-electron chi connectivity index (χ4n) is 3.83. The van der Waals surface area contributed by atoms with E-state index in [1.165, 1.54) is 25.7 Å². The quantitative estimate of drug-likeness (QED) is 0.681. The van der Waals surface area contributed by atoms with Crippen LogP contribution in [-0.4, -0.2) is 23.8 Å². The van der Waals surface area contributed by atoms with Gasteiger partial charge in [0.05, 0.1) is 5.60 Å². The van der Waals surface area contributed by atoms with E-state index in [2.05, 4.69) is 12.2 Å². The van der Waals surface area contributed by atoms with Crippen molar-refractivity contribution in [3.05, 3.63) is 0 Å². The van der Waals surface area contributed by atoms with E-state index in [9.17, 15) is 5.11 Å². The lowest BCUT2D eigenvalue weighted by molar-refractivity contribution is 0.0170. The van der Waals surface area contributed by atoms with E-state index in [0.717, 1.165) is 43.7 Å². The number of rotatable bonds is 6. The number of hydrogen-bond donors (Lipinski definition) is 2. The Bertz CT molecular complexity index is 227. The Morgan fingerprint density at radius 2 is 2.12 bits per heavy atom. The minimum atomic E-state index is -0.447. The molecule has 2 aliphatic carbocycles. The molecule has 2 aliphatic rings. The largest absolute Gasteiger partial charge is 0.390 e. The number of aliphatic hydroxyl groups is 1. The summed E-state index contributed by atoms with van der Waals surface area (Å²) in [4.78, 5) is 0. The van der Waals surface area contributed by atoms with Crippen molar-refractivity contribution < 1.29 is 5.11 Å². The molecule has 2 N–H and O–H groups in total. The van der Waals surface area contributed by atoms with Crippen LogP contribution in [0.3, 0.4) is 0 Å². The smallest absolute Gasteiger partial charge is 0.0634 e. The van der Waals surface area contributed by atoms with Crippen LogP contribution in [0.5, 0.6) is 0 Å². The van der Waals surface area contributed by atoms with Crippen LogP contribution < -0.4 is 5.32 Å². The molecule has 2 saturated carbocycles. The Labute approximate surface area is 99.8 Å². The zero-order valence-corrected chi connectivity index (χ0v) is 10.8. The van der Waals surface area contributed by atoms with Gasteiger partial charge in [-0.15, -0.1) is 0 Å². The first kappa shape index (κ1) is 12.4. The van der Waals surface area contributed by atoms with Crippen LogP contribution in [0.4, 0.5) is 0 Å². The molecule has 0 aromatic heterocycles. The van der Waals surface area contributed by atoms with Gasteiger partial charge < -0.3 is 10.4 Å². The maximum absolute atomic E-state index is 10.4. The van der Waals surface area contributed by atoms with E-state index < -0.39 is 5.60 Å². The molecule has 0 saturated heterocycles. The number of hydrogen-bond acceptors (Lipinski definition) is 2. The third kappa shape index (κ3) is 2.98. The Kier molecular flexibility index (Phi) is 3.91. The average molecular weight is 225 g/mol. The van der Waals surface area contributed by atoms with Gasteiger partial charge in [0.2, 0.25) is 0 Å². The number of nitrogens with one attached hydrogen (secondary N) is 1. The van der Waals surface area contributed by atoms with Gasteiger partial charge in [-0.05, 0) is 69.9 Å². The molecule has 2 bridgehead atoms. The molecule has 0 aliphatic heterocycles. The second-order valence-corrected chi connectivity index (χ2v) is 6.24. The maximum Gasteiger partial charge on any atom is 0.0634 e. The topological polar surface area (TPSA) is 32.3 Å².